The fourth-order valence-electron chi connectivity index (χ4n) is 7.63. The molecule has 6 nitrogen and oxygen atoms in total. The molecule has 0 bridgehead atoms. The fourth-order valence-corrected chi connectivity index (χ4v) is 7.63. The van der Waals surface area contributed by atoms with E-state index in [-0.39, 0.29) is 35.7 Å². The monoisotopic (exact) mass is 711 g/mol. The number of nitrogens with zero attached hydrogens (tertiary/aromatic N) is 3. The van der Waals surface area contributed by atoms with Gasteiger partial charge in [-0.15, -0.1) is 0 Å². The highest BCUT2D eigenvalue weighted by atomic mass is 127. The van der Waals surface area contributed by atoms with Crippen molar-refractivity contribution < 1.29 is 37.6 Å². The summed E-state index contributed by atoms with van der Waals surface area (Å²) in [5.74, 6) is -0.356. The van der Waals surface area contributed by atoms with E-state index in [2.05, 4.69) is 59.7 Å². The maximum Gasteiger partial charge on any atom is 0.251 e. The van der Waals surface area contributed by atoms with Gasteiger partial charge in [0.05, 0.1) is 27.2 Å². The molecule has 3 aliphatic heterocycles. The number of likely N-dealkylation sites (tertiary alicyclic amines) is 2. The molecule has 3 aromatic carbocycles. The van der Waals surface area contributed by atoms with Gasteiger partial charge in [-0.3, -0.25) is 14.6 Å². The number of amides is 1. The Bertz CT molecular complexity index is 1460. The SMILES string of the molecule is C[C@H]1CN(Cc2cccc(-c3cc(CNC(=O)c4cccc(CN5CCC6(CCC[N+]6(C)C)C5)c4)ccc3F)c2)CCN1.[I-]. The summed E-state index contributed by atoms with van der Waals surface area (Å²) in [6.45, 7) is 10.8. The molecule has 1 spiro atoms. The van der Waals surface area contributed by atoms with Crippen LogP contribution >= 0.6 is 0 Å². The summed E-state index contributed by atoms with van der Waals surface area (Å²) in [5.41, 5.74) is 5.71. The number of piperazine rings is 1. The van der Waals surface area contributed by atoms with Crippen molar-refractivity contribution in [3.8, 4) is 11.1 Å². The third kappa shape index (κ3) is 7.36. The number of carbonyl (C=O) groups is 1. The molecule has 44 heavy (non-hydrogen) atoms. The summed E-state index contributed by atoms with van der Waals surface area (Å²) in [6, 6.07) is 21.8. The number of rotatable bonds is 8. The van der Waals surface area contributed by atoms with E-state index < -0.39 is 0 Å². The van der Waals surface area contributed by atoms with E-state index >= 15 is 4.39 Å². The van der Waals surface area contributed by atoms with Crippen LogP contribution in [0, 0.1) is 5.82 Å². The highest BCUT2D eigenvalue weighted by Crippen LogP contribution is 2.41. The second-order valence-corrected chi connectivity index (χ2v) is 13.7. The van der Waals surface area contributed by atoms with Crippen LogP contribution in [0.25, 0.3) is 11.1 Å². The number of hydrogen-bond acceptors (Lipinski definition) is 4. The Labute approximate surface area is 279 Å². The van der Waals surface area contributed by atoms with Gasteiger partial charge in [0.25, 0.3) is 5.91 Å². The van der Waals surface area contributed by atoms with Crippen molar-refractivity contribution in [3.63, 3.8) is 0 Å². The van der Waals surface area contributed by atoms with Crippen LogP contribution in [-0.4, -0.2) is 85.1 Å². The molecule has 6 rings (SSSR count). The van der Waals surface area contributed by atoms with E-state index in [0.29, 0.717) is 29.3 Å². The van der Waals surface area contributed by atoms with Crippen molar-refractivity contribution in [3.05, 3.63) is 94.8 Å². The smallest absolute Gasteiger partial charge is 0.251 e. The van der Waals surface area contributed by atoms with E-state index in [9.17, 15) is 4.79 Å². The number of halogens is 2. The van der Waals surface area contributed by atoms with Crippen LogP contribution in [0.3, 0.4) is 0 Å². The Hall–Kier alpha value is -2.37. The molecule has 0 saturated carbocycles. The third-order valence-electron chi connectivity index (χ3n) is 10.2. The first kappa shape index (κ1) is 33.0. The molecule has 0 aliphatic carbocycles. The van der Waals surface area contributed by atoms with Crippen LogP contribution in [-0.2, 0) is 19.6 Å². The summed E-state index contributed by atoms with van der Waals surface area (Å²) in [5, 5.41) is 6.55. The highest BCUT2D eigenvalue weighted by Gasteiger charge is 2.53. The van der Waals surface area contributed by atoms with Crippen LogP contribution in [0.4, 0.5) is 4.39 Å². The Balaban J connectivity index is 0.00000384. The minimum Gasteiger partial charge on any atom is -1.00 e. The van der Waals surface area contributed by atoms with Crippen molar-refractivity contribution in [2.75, 3.05) is 53.4 Å². The minimum absolute atomic E-state index is 0. The first-order valence-electron chi connectivity index (χ1n) is 16.0. The van der Waals surface area contributed by atoms with Crippen molar-refractivity contribution in [1.29, 1.82) is 0 Å². The van der Waals surface area contributed by atoms with Crippen molar-refractivity contribution in [2.45, 2.75) is 57.4 Å². The number of hydrogen-bond donors (Lipinski definition) is 2. The summed E-state index contributed by atoms with van der Waals surface area (Å²) < 4.78 is 16.1. The molecule has 2 N–H and O–H groups in total. The molecule has 3 fully saturated rings. The molecule has 3 heterocycles. The predicted molar refractivity (Wildman–Crippen MR) is 171 cm³/mol. The molecule has 1 amide bonds. The van der Waals surface area contributed by atoms with Crippen LogP contribution < -0.4 is 34.6 Å². The first-order chi connectivity index (χ1) is 20.7. The average molecular weight is 712 g/mol. The summed E-state index contributed by atoms with van der Waals surface area (Å²) in [6.07, 6.45) is 3.87. The standard InChI is InChI=1S/C36H46FN5O.HI/c1-27-23-40(17-15-38-27)24-29-7-4-9-31(19-29)33-21-28(11-12-34(33)37)22-39-35(43)32-10-5-8-30(20-32)25-41-16-14-36(26-41)13-6-18-42(36,2)3;/h4-5,7-12,19-21,27,38H,6,13-18,22-26H2,1-3H3;1H/t27-,36?;/m0./s1. The third-order valence-corrected chi connectivity index (χ3v) is 10.2. The Morgan fingerprint density at radius 3 is 2.52 bits per heavy atom. The van der Waals surface area contributed by atoms with Gasteiger partial charge in [-0.05, 0) is 59.5 Å². The lowest BCUT2D eigenvalue weighted by molar-refractivity contribution is -0.926. The molecule has 3 aromatic rings. The molecule has 1 unspecified atom stereocenters. The van der Waals surface area contributed by atoms with E-state index in [1.54, 1.807) is 6.07 Å². The number of benzene rings is 3. The van der Waals surface area contributed by atoms with Gasteiger partial charge in [0, 0.05) is 82.2 Å². The summed E-state index contributed by atoms with van der Waals surface area (Å²) >= 11 is 0. The van der Waals surface area contributed by atoms with E-state index in [1.807, 2.05) is 36.4 Å². The molecule has 8 heteroatoms. The van der Waals surface area contributed by atoms with Gasteiger partial charge < -0.3 is 39.1 Å². The molecule has 3 saturated heterocycles. The van der Waals surface area contributed by atoms with Crippen molar-refractivity contribution in [2.24, 2.45) is 0 Å². The molecule has 2 atom stereocenters. The van der Waals surface area contributed by atoms with E-state index in [1.165, 1.54) is 43.0 Å². The second-order valence-electron chi connectivity index (χ2n) is 13.7. The molecule has 0 aromatic heterocycles. The molecular formula is C36H47FIN5O. The van der Waals surface area contributed by atoms with Crippen molar-refractivity contribution in [1.82, 2.24) is 20.4 Å². The van der Waals surface area contributed by atoms with Gasteiger partial charge in [0.2, 0.25) is 0 Å². The zero-order valence-electron chi connectivity index (χ0n) is 26.4. The molecule has 3 aliphatic rings. The number of nitrogens with one attached hydrogen (secondary N) is 2. The van der Waals surface area contributed by atoms with Gasteiger partial charge in [-0.25, -0.2) is 4.39 Å². The van der Waals surface area contributed by atoms with Gasteiger partial charge in [0.15, 0.2) is 0 Å². The quantitative estimate of drug-likeness (QED) is 0.278. The number of carbonyl (C=O) groups excluding carboxylic acids is 1. The molecule has 236 valence electrons. The molecular weight excluding hydrogens is 664 g/mol. The Morgan fingerprint density at radius 2 is 1.75 bits per heavy atom. The lowest BCUT2D eigenvalue weighted by Gasteiger charge is -2.41. The van der Waals surface area contributed by atoms with E-state index in [4.69, 9.17) is 0 Å². The van der Waals surface area contributed by atoms with Crippen LogP contribution in [0.15, 0.2) is 66.7 Å². The summed E-state index contributed by atoms with van der Waals surface area (Å²) in [7, 11) is 4.77. The van der Waals surface area contributed by atoms with Gasteiger partial charge in [-0.2, -0.15) is 0 Å². The Kier molecular flexibility index (Phi) is 10.5. The maximum atomic E-state index is 15.0. The first-order valence-corrected chi connectivity index (χ1v) is 16.0. The second kappa shape index (κ2) is 14.0. The number of likely N-dealkylation sites (N-methyl/N-ethyl adjacent to an activating group) is 1. The topological polar surface area (TPSA) is 47.6 Å². The maximum absolute atomic E-state index is 15.0. The van der Waals surface area contributed by atoms with Crippen molar-refractivity contribution >= 4 is 5.91 Å². The lowest BCUT2D eigenvalue weighted by atomic mass is 9.94. The largest absolute Gasteiger partial charge is 1.00 e. The number of quaternary nitrogens is 1. The minimum atomic E-state index is -0.251. The van der Waals surface area contributed by atoms with Crippen LogP contribution in [0.1, 0.15) is 53.2 Å². The highest BCUT2D eigenvalue weighted by molar-refractivity contribution is 5.94. The zero-order valence-corrected chi connectivity index (χ0v) is 28.6. The summed E-state index contributed by atoms with van der Waals surface area (Å²) in [4.78, 5) is 18.2. The lowest BCUT2D eigenvalue weighted by Crippen LogP contribution is -3.00. The van der Waals surface area contributed by atoms with E-state index in [0.717, 1.165) is 61.4 Å². The van der Waals surface area contributed by atoms with Gasteiger partial charge in [0.1, 0.15) is 11.4 Å². The van der Waals surface area contributed by atoms with Crippen LogP contribution in [0.2, 0.25) is 0 Å². The zero-order chi connectivity index (χ0) is 30.0. The van der Waals surface area contributed by atoms with Gasteiger partial charge in [-0.1, -0.05) is 36.4 Å². The average Bonchev–Trinajstić information content (AvgIpc) is 3.54. The molecule has 0 radical (unpaired) electrons. The Morgan fingerprint density at radius 1 is 0.977 bits per heavy atom. The normalized spacial score (nSPS) is 23.5. The fraction of sp³-hybridized carbons (Fsp3) is 0.472. The van der Waals surface area contributed by atoms with Crippen LogP contribution in [0.5, 0.6) is 0 Å². The van der Waals surface area contributed by atoms with Gasteiger partial charge >= 0.3 is 0 Å². The predicted octanol–water partition coefficient (Wildman–Crippen LogP) is 2.04.